The predicted molar refractivity (Wildman–Crippen MR) is 69.7 cm³/mol. The number of amides is 1. The van der Waals surface area contributed by atoms with E-state index in [0.29, 0.717) is 17.8 Å². The van der Waals surface area contributed by atoms with Gasteiger partial charge in [-0.05, 0) is 43.5 Å². The Labute approximate surface area is 107 Å². The van der Waals surface area contributed by atoms with Gasteiger partial charge in [-0.15, -0.1) is 0 Å². The molecule has 0 unspecified atom stereocenters. The molecule has 0 bridgehead atoms. The molecule has 0 atom stereocenters. The Bertz CT molecular complexity index is 453. The fraction of sp³-hybridized carbons (Fsp3) is 0.500. The molecular weight excluding hydrogens is 231 g/mol. The number of anilines is 1. The maximum atomic E-state index is 13.1. The van der Waals surface area contributed by atoms with Gasteiger partial charge in [-0.25, -0.2) is 4.39 Å². The highest BCUT2D eigenvalue weighted by Gasteiger charge is 2.39. The van der Waals surface area contributed by atoms with Crippen LogP contribution in [0.4, 0.5) is 10.1 Å². The fourth-order valence-corrected chi connectivity index (χ4v) is 2.56. The highest BCUT2D eigenvalue weighted by atomic mass is 19.1. The number of benzene rings is 1. The van der Waals surface area contributed by atoms with Gasteiger partial charge in [-0.1, -0.05) is 12.8 Å². The van der Waals surface area contributed by atoms with E-state index in [4.69, 9.17) is 5.73 Å². The third-order valence-electron chi connectivity index (χ3n) is 3.85. The van der Waals surface area contributed by atoms with Crippen LogP contribution < -0.4 is 11.1 Å². The molecule has 1 amide bonds. The Morgan fingerprint density at radius 1 is 1.44 bits per heavy atom. The molecule has 3 N–H and O–H groups in total. The van der Waals surface area contributed by atoms with Crippen LogP contribution in [-0.4, -0.2) is 12.5 Å². The highest BCUT2D eigenvalue weighted by molar-refractivity contribution is 5.95. The Kier molecular flexibility index (Phi) is 3.66. The molecule has 0 saturated heterocycles. The molecule has 18 heavy (non-hydrogen) atoms. The molecule has 3 nitrogen and oxygen atoms in total. The second-order valence-electron chi connectivity index (χ2n) is 5.11. The number of nitrogens with two attached hydrogens (primary N) is 1. The lowest BCUT2D eigenvalue weighted by molar-refractivity contribution is -0.124. The maximum absolute atomic E-state index is 13.1. The molecule has 1 saturated carbocycles. The van der Waals surface area contributed by atoms with Crippen molar-refractivity contribution in [2.75, 3.05) is 11.9 Å². The first kappa shape index (κ1) is 13.0. The summed E-state index contributed by atoms with van der Waals surface area (Å²) in [5.41, 5.74) is 6.49. The van der Waals surface area contributed by atoms with Gasteiger partial charge in [0.15, 0.2) is 0 Å². The van der Waals surface area contributed by atoms with E-state index in [1.54, 1.807) is 19.1 Å². The smallest absolute Gasteiger partial charge is 0.231 e. The molecule has 1 fully saturated rings. The third kappa shape index (κ3) is 2.38. The van der Waals surface area contributed by atoms with Crippen LogP contribution in [-0.2, 0) is 4.79 Å². The summed E-state index contributed by atoms with van der Waals surface area (Å²) in [5, 5.41) is 2.86. The van der Waals surface area contributed by atoms with E-state index >= 15 is 0 Å². The summed E-state index contributed by atoms with van der Waals surface area (Å²) in [6.45, 7) is 2.05. The molecule has 0 spiro atoms. The van der Waals surface area contributed by atoms with Crippen molar-refractivity contribution in [1.29, 1.82) is 0 Å². The number of aryl methyl sites for hydroxylation is 1. The molecule has 0 radical (unpaired) electrons. The third-order valence-corrected chi connectivity index (χ3v) is 3.85. The molecule has 0 aliphatic heterocycles. The lowest BCUT2D eigenvalue weighted by atomic mass is 9.85. The molecule has 1 aliphatic rings. The van der Waals surface area contributed by atoms with Crippen molar-refractivity contribution < 1.29 is 9.18 Å². The number of nitrogens with one attached hydrogen (secondary N) is 1. The number of carbonyl (C=O) groups is 1. The van der Waals surface area contributed by atoms with Gasteiger partial charge in [0.25, 0.3) is 0 Å². The Balaban J connectivity index is 2.13. The van der Waals surface area contributed by atoms with Gasteiger partial charge in [-0.3, -0.25) is 4.79 Å². The Hall–Kier alpha value is -1.42. The van der Waals surface area contributed by atoms with E-state index in [1.807, 2.05) is 0 Å². The standard InChI is InChI=1S/C14H19FN2O/c1-10-8-11(4-5-12(10)15)17-13(18)14(9-16)6-2-3-7-14/h4-5,8H,2-3,6-7,9,16H2,1H3,(H,17,18). The first-order valence-electron chi connectivity index (χ1n) is 6.35. The molecule has 0 heterocycles. The fourth-order valence-electron chi connectivity index (χ4n) is 2.56. The SMILES string of the molecule is Cc1cc(NC(=O)C2(CN)CCCC2)ccc1F. The van der Waals surface area contributed by atoms with Crippen molar-refractivity contribution in [2.24, 2.45) is 11.1 Å². The summed E-state index contributed by atoms with van der Waals surface area (Å²) in [4.78, 5) is 12.3. The second-order valence-corrected chi connectivity index (χ2v) is 5.11. The number of hydrogen-bond donors (Lipinski definition) is 2. The molecule has 98 valence electrons. The first-order valence-corrected chi connectivity index (χ1v) is 6.35. The summed E-state index contributed by atoms with van der Waals surface area (Å²) in [6.07, 6.45) is 3.78. The zero-order chi connectivity index (χ0) is 13.2. The summed E-state index contributed by atoms with van der Waals surface area (Å²) < 4.78 is 13.1. The van der Waals surface area contributed by atoms with Crippen LogP contribution in [0.1, 0.15) is 31.2 Å². The molecule has 4 heteroatoms. The summed E-state index contributed by atoms with van der Waals surface area (Å²) >= 11 is 0. The molecule has 1 aliphatic carbocycles. The van der Waals surface area contributed by atoms with E-state index < -0.39 is 5.41 Å². The van der Waals surface area contributed by atoms with Gasteiger partial charge in [0, 0.05) is 12.2 Å². The molecule has 1 aromatic rings. The van der Waals surface area contributed by atoms with Crippen molar-refractivity contribution in [2.45, 2.75) is 32.6 Å². The number of halogens is 1. The predicted octanol–water partition coefficient (Wildman–Crippen LogP) is 2.59. The zero-order valence-corrected chi connectivity index (χ0v) is 10.6. The molecular formula is C14H19FN2O. The van der Waals surface area contributed by atoms with Crippen molar-refractivity contribution in [3.8, 4) is 0 Å². The second kappa shape index (κ2) is 5.06. The van der Waals surface area contributed by atoms with Crippen LogP contribution in [0.25, 0.3) is 0 Å². The maximum Gasteiger partial charge on any atom is 0.231 e. The average molecular weight is 250 g/mol. The van der Waals surface area contributed by atoms with Gasteiger partial charge in [0.2, 0.25) is 5.91 Å². The van der Waals surface area contributed by atoms with Crippen LogP contribution in [0, 0.1) is 18.2 Å². The zero-order valence-electron chi connectivity index (χ0n) is 10.6. The van der Waals surface area contributed by atoms with Gasteiger partial charge < -0.3 is 11.1 Å². The average Bonchev–Trinajstić information content (AvgIpc) is 2.84. The number of rotatable bonds is 3. The van der Waals surface area contributed by atoms with Crippen molar-refractivity contribution >= 4 is 11.6 Å². The summed E-state index contributed by atoms with van der Waals surface area (Å²) in [5.74, 6) is -0.295. The minimum atomic E-state index is -0.428. The summed E-state index contributed by atoms with van der Waals surface area (Å²) in [6, 6.07) is 4.60. The van der Waals surface area contributed by atoms with Gasteiger partial charge in [0.05, 0.1) is 5.41 Å². The van der Waals surface area contributed by atoms with E-state index in [1.165, 1.54) is 6.07 Å². The van der Waals surface area contributed by atoms with Crippen molar-refractivity contribution in [3.63, 3.8) is 0 Å². The quantitative estimate of drug-likeness (QED) is 0.866. The highest BCUT2D eigenvalue weighted by Crippen LogP contribution is 2.38. The minimum Gasteiger partial charge on any atom is -0.329 e. The van der Waals surface area contributed by atoms with Crippen LogP contribution in [0.5, 0.6) is 0 Å². The number of carbonyl (C=O) groups excluding carboxylic acids is 1. The number of hydrogen-bond acceptors (Lipinski definition) is 2. The summed E-state index contributed by atoms with van der Waals surface area (Å²) in [7, 11) is 0. The largest absolute Gasteiger partial charge is 0.329 e. The lowest BCUT2D eigenvalue weighted by Crippen LogP contribution is -2.40. The molecule has 1 aromatic carbocycles. The van der Waals surface area contributed by atoms with E-state index in [2.05, 4.69) is 5.32 Å². The van der Waals surface area contributed by atoms with Crippen molar-refractivity contribution in [3.05, 3.63) is 29.6 Å². The van der Waals surface area contributed by atoms with Crippen LogP contribution in [0.3, 0.4) is 0 Å². The normalized spacial score (nSPS) is 17.7. The van der Waals surface area contributed by atoms with E-state index in [-0.39, 0.29) is 11.7 Å². The topological polar surface area (TPSA) is 55.1 Å². The van der Waals surface area contributed by atoms with Crippen LogP contribution in [0.15, 0.2) is 18.2 Å². The van der Waals surface area contributed by atoms with Gasteiger partial charge >= 0.3 is 0 Å². The monoisotopic (exact) mass is 250 g/mol. The van der Waals surface area contributed by atoms with Gasteiger partial charge in [0.1, 0.15) is 5.82 Å². The first-order chi connectivity index (χ1) is 8.57. The van der Waals surface area contributed by atoms with E-state index in [9.17, 15) is 9.18 Å². The van der Waals surface area contributed by atoms with Crippen LogP contribution >= 0.6 is 0 Å². The van der Waals surface area contributed by atoms with E-state index in [0.717, 1.165) is 25.7 Å². The molecule has 0 aromatic heterocycles. The Morgan fingerprint density at radius 3 is 2.67 bits per heavy atom. The molecule has 2 rings (SSSR count). The Morgan fingerprint density at radius 2 is 2.11 bits per heavy atom. The lowest BCUT2D eigenvalue weighted by Gasteiger charge is -2.25. The van der Waals surface area contributed by atoms with Crippen LogP contribution in [0.2, 0.25) is 0 Å². The van der Waals surface area contributed by atoms with Crippen molar-refractivity contribution in [1.82, 2.24) is 0 Å². The van der Waals surface area contributed by atoms with Gasteiger partial charge in [-0.2, -0.15) is 0 Å². The minimum absolute atomic E-state index is 0.0338.